The molecule has 1 aliphatic carbocycles. The van der Waals surface area contributed by atoms with Gasteiger partial charge in [-0.2, -0.15) is 0 Å². The topological polar surface area (TPSA) is 25.5 Å². The van der Waals surface area contributed by atoms with Crippen molar-refractivity contribution in [3.8, 4) is 0 Å². The molecular weight excluding hydrogens is 277 g/mol. The molecule has 1 aromatic heterocycles. The Morgan fingerprint density at radius 3 is 2.82 bits per heavy atom. The van der Waals surface area contributed by atoms with Crippen molar-refractivity contribution in [2.75, 3.05) is 0 Å². The molecule has 0 saturated heterocycles. The minimum atomic E-state index is -0.268. The lowest BCUT2D eigenvalue weighted by Gasteiger charge is -2.07. The highest BCUT2D eigenvalue weighted by Gasteiger charge is 2.24. The molecule has 0 spiro atoms. The number of furan rings is 1. The van der Waals surface area contributed by atoms with E-state index in [1.165, 1.54) is 6.07 Å². The quantitative estimate of drug-likeness (QED) is 0.669. The van der Waals surface area contributed by atoms with Crippen LogP contribution in [0.1, 0.15) is 50.1 Å². The summed E-state index contributed by atoms with van der Waals surface area (Å²) >= 11 is 0. The number of halogens is 1. The molecule has 22 heavy (non-hydrogen) atoms. The molecule has 0 radical (unpaired) electrons. The second-order valence-corrected chi connectivity index (χ2v) is 5.35. The van der Waals surface area contributed by atoms with Crippen LogP contribution in [0, 0.1) is 5.82 Å². The second-order valence-electron chi connectivity index (χ2n) is 5.35. The fourth-order valence-corrected chi connectivity index (χ4v) is 2.98. The summed E-state index contributed by atoms with van der Waals surface area (Å²) < 4.78 is 20.2. The highest BCUT2D eigenvalue weighted by Crippen LogP contribution is 2.38. The molecule has 2 aliphatic rings. The fourth-order valence-electron chi connectivity index (χ4n) is 2.98. The summed E-state index contributed by atoms with van der Waals surface area (Å²) in [5, 5.41) is 0.987. The Balaban J connectivity index is 0.000000693. The lowest BCUT2D eigenvalue weighted by atomic mass is 9.99. The predicted octanol–water partition coefficient (Wildman–Crippen LogP) is 5.63. The van der Waals surface area contributed by atoms with E-state index in [-0.39, 0.29) is 11.9 Å². The maximum atomic E-state index is 14.3. The largest absolute Gasteiger partial charge is 0.460 e. The number of nitrogens with zero attached hydrogens (tertiary/aromatic N) is 1. The lowest BCUT2D eigenvalue weighted by molar-refractivity contribution is 0.533. The highest BCUT2D eigenvalue weighted by atomic mass is 19.1. The van der Waals surface area contributed by atoms with E-state index in [2.05, 4.69) is 17.1 Å². The summed E-state index contributed by atoms with van der Waals surface area (Å²) in [7, 11) is 0. The summed E-state index contributed by atoms with van der Waals surface area (Å²) in [4.78, 5) is 4.37. The van der Waals surface area contributed by atoms with E-state index in [1.54, 1.807) is 12.3 Å². The van der Waals surface area contributed by atoms with Crippen LogP contribution in [-0.2, 0) is 6.42 Å². The van der Waals surface area contributed by atoms with E-state index in [9.17, 15) is 4.39 Å². The zero-order chi connectivity index (χ0) is 15.7. The van der Waals surface area contributed by atoms with E-state index in [4.69, 9.17) is 4.42 Å². The van der Waals surface area contributed by atoms with Crippen LogP contribution in [0.15, 0.2) is 39.3 Å². The van der Waals surface area contributed by atoms with Crippen molar-refractivity contribution in [1.29, 1.82) is 0 Å². The molecule has 4 rings (SSSR count). The van der Waals surface area contributed by atoms with Crippen molar-refractivity contribution in [3.05, 3.63) is 52.6 Å². The molecule has 2 aromatic rings. The first-order valence-corrected chi connectivity index (χ1v) is 7.86. The number of rotatable bonds is 1. The summed E-state index contributed by atoms with van der Waals surface area (Å²) in [6.45, 7) is 5.97. The lowest BCUT2D eigenvalue weighted by Crippen LogP contribution is -1.95. The molecule has 0 saturated carbocycles. The average Bonchev–Trinajstić information content (AvgIpc) is 3.12. The van der Waals surface area contributed by atoms with Gasteiger partial charge in [-0.05, 0) is 31.1 Å². The summed E-state index contributed by atoms with van der Waals surface area (Å²) in [6.07, 6.45) is 9.82. The number of hydrogen-bond donors (Lipinski definition) is 0. The van der Waals surface area contributed by atoms with Gasteiger partial charge in [-0.25, -0.2) is 4.39 Å². The first-order chi connectivity index (χ1) is 10.7. The van der Waals surface area contributed by atoms with Crippen molar-refractivity contribution in [2.45, 2.75) is 39.7 Å². The minimum Gasteiger partial charge on any atom is -0.460 e. The molecule has 114 valence electrons. The molecule has 0 bridgehead atoms. The van der Waals surface area contributed by atoms with E-state index in [0.717, 1.165) is 35.1 Å². The fraction of sp³-hybridized carbons (Fsp3) is 0.316. The van der Waals surface area contributed by atoms with Gasteiger partial charge in [0.25, 0.3) is 0 Å². The molecule has 2 heterocycles. The van der Waals surface area contributed by atoms with Gasteiger partial charge in [-0.15, -0.1) is 0 Å². The van der Waals surface area contributed by atoms with Crippen LogP contribution < -0.4 is 0 Å². The van der Waals surface area contributed by atoms with Gasteiger partial charge in [-0.1, -0.05) is 32.1 Å². The van der Waals surface area contributed by atoms with Crippen molar-refractivity contribution < 1.29 is 8.81 Å². The summed E-state index contributed by atoms with van der Waals surface area (Å²) in [5.41, 5.74) is 3.35. The van der Waals surface area contributed by atoms with Gasteiger partial charge >= 0.3 is 0 Å². The Bertz CT molecular complexity index is 795. The molecule has 1 aliphatic heterocycles. The molecule has 1 atom stereocenters. The Morgan fingerprint density at radius 2 is 2.09 bits per heavy atom. The minimum absolute atomic E-state index is 0.249. The first kappa shape index (κ1) is 14.8. The molecule has 2 nitrogen and oxygen atoms in total. The van der Waals surface area contributed by atoms with Crippen LogP contribution in [0.2, 0.25) is 0 Å². The Morgan fingerprint density at radius 1 is 1.27 bits per heavy atom. The van der Waals surface area contributed by atoms with Gasteiger partial charge in [-0.3, -0.25) is 4.99 Å². The second kappa shape index (κ2) is 5.91. The molecular formula is C19H20FNO. The standard InChI is InChI=1S/C17H14FNO.C2H6/c1-10-8-14(19-9-10)16-13(18)7-6-12-11-4-2-3-5-15(11)20-17(12)16;1-2/h2,4,6-9,14H,3,5H2,1H3;1-2H3. The molecule has 1 aromatic carbocycles. The summed E-state index contributed by atoms with van der Waals surface area (Å²) in [6, 6.07) is 3.06. The van der Waals surface area contributed by atoms with Gasteiger partial charge in [0.05, 0.1) is 5.56 Å². The number of hydrogen-bond acceptors (Lipinski definition) is 2. The van der Waals surface area contributed by atoms with Crippen LogP contribution in [0.25, 0.3) is 17.0 Å². The third-order valence-electron chi connectivity index (χ3n) is 3.94. The number of benzene rings is 1. The zero-order valence-corrected chi connectivity index (χ0v) is 13.2. The number of aryl methyl sites for hydroxylation is 1. The molecule has 0 amide bonds. The number of allylic oxidation sites excluding steroid dienone is 2. The van der Waals surface area contributed by atoms with Crippen molar-refractivity contribution in [2.24, 2.45) is 4.99 Å². The maximum absolute atomic E-state index is 14.3. The van der Waals surface area contributed by atoms with Crippen molar-refractivity contribution in [1.82, 2.24) is 0 Å². The van der Waals surface area contributed by atoms with Crippen molar-refractivity contribution >= 4 is 23.3 Å². The van der Waals surface area contributed by atoms with Gasteiger partial charge in [0, 0.05) is 23.6 Å². The maximum Gasteiger partial charge on any atom is 0.143 e. The average molecular weight is 297 g/mol. The Kier molecular flexibility index (Phi) is 3.97. The van der Waals surface area contributed by atoms with Gasteiger partial charge in [0.1, 0.15) is 23.2 Å². The number of fused-ring (bicyclic) bond motifs is 3. The monoisotopic (exact) mass is 297 g/mol. The normalized spacial score (nSPS) is 18.9. The third-order valence-corrected chi connectivity index (χ3v) is 3.94. The highest BCUT2D eigenvalue weighted by molar-refractivity contribution is 5.92. The number of aliphatic imine (C=N–C) groups is 1. The van der Waals surface area contributed by atoms with Crippen LogP contribution in [0.3, 0.4) is 0 Å². The first-order valence-electron chi connectivity index (χ1n) is 7.86. The van der Waals surface area contributed by atoms with Crippen LogP contribution in [0.5, 0.6) is 0 Å². The van der Waals surface area contributed by atoms with Crippen LogP contribution in [-0.4, -0.2) is 6.21 Å². The molecule has 0 fully saturated rings. The zero-order valence-electron chi connectivity index (χ0n) is 13.2. The van der Waals surface area contributed by atoms with E-state index < -0.39 is 0 Å². The Hall–Kier alpha value is -2.16. The SMILES string of the molecule is CC.CC1=CC(c2c(F)ccc3c4c(oc23)CCC=C4)N=C1. The molecule has 1 unspecified atom stereocenters. The third kappa shape index (κ3) is 2.31. The van der Waals surface area contributed by atoms with Crippen LogP contribution >= 0.6 is 0 Å². The van der Waals surface area contributed by atoms with E-state index in [0.29, 0.717) is 11.1 Å². The Labute approximate surface area is 130 Å². The van der Waals surface area contributed by atoms with Gasteiger partial charge < -0.3 is 4.42 Å². The van der Waals surface area contributed by atoms with Gasteiger partial charge in [0.2, 0.25) is 0 Å². The summed E-state index contributed by atoms with van der Waals surface area (Å²) in [5.74, 6) is 0.706. The predicted molar refractivity (Wildman–Crippen MR) is 89.9 cm³/mol. The molecule has 0 N–H and O–H groups in total. The van der Waals surface area contributed by atoms with Gasteiger partial charge in [0.15, 0.2) is 0 Å². The molecule has 3 heteroatoms. The smallest absolute Gasteiger partial charge is 0.143 e. The van der Waals surface area contributed by atoms with E-state index in [1.807, 2.05) is 26.8 Å². The van der Waals surface area contributed by atoms with Crippen LogP contribution in [0.4, 0.5) is 4.39 Å². The van der Waals surface area contributed by atoms with Crippen molar-refractivity contribution in [3.63, 3.8) is 0 Å². The van der Waals surface area contributed by atoms with E-state index >= 15 is 0 Å².